The second kappa shape index (κ2) is 6.26. The molecule has 0 aliphatic heterocycles. The number of carbonyl (C=O) groups excluding carboxylic acids is 1. The Labute approximate surface area is 127 Å². The lowest BCUT2D eigenvalue weighted by atomic mass is 10.1. The van der Waals surface area contributed by atoms with Gasteiger partial charge in [0.2, 0.25) is 11.1 Å². The van der Waals surface area contributed by atoms with Crippen LogP contribution in [0.4, 0.5) is 0 Å². The van der Waals surface area contributed by atoms with Crippen LogP contribution in [0, 0.1) is 0 Å². The van der Waals surface area contributed by atoms with Crippen LogP contribution in [0.3, 0.4) is 0 Å². The van der Waals surface area contributed by atoms with Crippen LogP contribution in [0.15, 0.2) is 29.4 Å². The molecule has 7 heteroatoms. The number of nitrogens with zero attached hydrogens (tertiary/aromatic N) is 4. The number of aryl methyl sites for hydroxylation is 1. The van der Waals surface area contributed by atoms with E-state index in [0.717, 1.165) is 18.0 Å². The topological polar surface area (TPSA) is 72.7 Å². The number of fused-ring (bicyclic) bond motifs is 1. The van der Waals surface area contributed by atoms with Gasteiger partial charge >= 0.3 is 0 Å². The number of hydrogen-bond donors (Lipinski definition) is 1. The van der Waals surface area contributed by atoms with Crippen molar-refractivity contribution in [2.45, 2.75) is 30.5 Å². The molecule has 0 fully saturated rings. The summed E-state index contributed by atoms with van der Waals surface area (Å²) in [4.78, 5) is 12.0. The Kier molecular flexibility index (Phi) is 4.19. The lowest BCUT2D eigenvalue weighted by Crippen LogP contribution is -2.35. The van der Waals surface area contributed by atoms with Gasteiger partial charge in [-0.3, -0.25) is 4.79 Å². The highest BCUT2D eigenvalue weighted by Crippen LogP contribution is 2.21. The third kappa shape index (κ3) is 3.41. The minimum Gasteiger partial charge on any atom is -0.353 e. The van der Waals surface area contributed by atoms with E-state index in [-0.39, 0.29) is 11.9 Å². The zero-order chi connectivity index (χ0) is 14.7. The predicted molar refractivity (Wildman–Crippen MR) is 79.9 cm³/mol. The fourth-order valence-corrected chi connectivity index (χ4v) is 3.33. The molecule has 0 unspecified atom stereocenters. The summed E-state index contributed by atoms with van der Waals surface area (Å²) in [7, 11) is 1.79. The number of amides is 1. The SMILES string of the molecule is Cn1nnnc1SCCC(=O)NC1Cc2ccccc2C1. The minimum absolute atomic E-state index is 0.0930. The molecule has 1 aliphatic carbocycles. The first-order valence-corrected chi connectivity index (χ1v) is 7.92. The number of hydrogen-bond acceptors (Lipinski definition) is 5. The quantitative estimate of drug-likeness (QED) is 0.834. The molecule has 21 heavy (non-hydrogen) atoms. The summed E-state index contributed by atoms with van der Waals surface area (Å²) >= 11 is 1.49. The fraction of sp³-hybridized carbons (Fsp3) is 0.429. The van der Waals surface area contributed by atoms with Gasteiger partial charge in [-0.05, 0) is 34.4 Å². The molecular weight excluding hydrogens is 286 g/mol. The second-order valence-electron chi connectivity index (χ2n) is 5.12. The molecule has 0 atom stereocenters. The van der Waals surface area contributed by atoms with Gasteiger partial charge in [0.05, 0.1) is 0 Å². The molecule has 1 amide bonds. The van der Waals surface area contributed by atoms with Crippen LogP contribution in [-0.4, -0.2) is 37.9 Å². The first kappa shape index (κ1) is 14.1. The number of thioether (sulfide) groups is 1. The van der Waals surface area contributed by atoms with Crippen molar-refractivity contribution in [2.75, 3.05) is 5.75 Å². The first-order chi connectivity index (χ1) is 10.2. The molecule has 0 saturated heterocycles. The molecule has 0 radical (unpaired) electrons. The van der Waals surface area contributed by atoms with E-state index in [1.165, 1.54) is 22.9 Å². The Morgan fingerprint density at radius 1 is 1.38 bits per heavy atom. The number of benzene rings is 1. The zero-order valence-corrected chi connectivity index (χ0v) is 12.6. The maximum absolute atomic E-state index is 12.0. The van der Waals surface area contributed by atoms with Gasteiger partial charge in [-0.1, -0.05) is 36.0 Å². The lowest BCUT2D eigenvalue weighted by Gasteiger charge is -2.11. The van der Waals surface area contributed by atoms with Crippen LogP contribution < -0.4 is 5.32 Å². The Hall–Kier alpha value is -1.89. The van der Waals surface area contributed by atoms with Crippen molar-refractivity contribution >= 4 is 17.7 Å². The van der Waals surface area contributed by atoms with E-state index >= 15 is 0 Å². The van der Waals surface area contributed by atoms with Crippen molar-refractivity contribution in [3.63, 3.8) is 0 Å². The Morgan fingerprint density at radius 2 is 2.10 bits per heavy atom. The van der Waals surface area contributed by atoms with Crippen molar-refractivity contribution in [3.8, 4) is 0 Å². The van der Waals surface area contributed by atoms with Crippen LogP contribution >= 0.6 is 11.8 Å². The third-order valence-electron chi connectivity index (χ3n) is 3.56. The summed E-state index contributed by atoms with van der Waals surface area (Å²) in [5, 5.41) is 15.0. The molecule has 3 rings (SSSR count). The van der Waals surface area contributed by atoms with E-state index in [4.69, 9.17) is 0 Å². The molecular formula is C14H17N5OS. The molecule has 0 bridgehead atoms. The summed E-state index contributed by atoms with van der Waals surface area (Å²) in [5.74, 6) is 0.773. The number of carbonyl (C=O) groups is 1. The molecule has 0 spiro atoms. The minimum atomic E-state index is 0.0930. The van der Waals surface area contributed by atoms with Crippen molar-refractivity contribution in [1.82, 2.24) is 25.5 Å². The highest BCUT2D eigenvalue weighted by atomic mass is 32.2. The van der Waals surface area contributed by atoms with Crippen LogP contribution in [0.1, 0.15) is 17.5 Å². The van der Waals surface area contributed by atoms with Crippen LogP contribution in [0.2, 0.25) is 0 Å². The van der Waals surface area contributed by atoms with E-state index in [0.29, 0.717) is 12.2 Å². The zero-order valence-electron chi connectivity index (χ0n) is 11.8. The largest absolute Gasteiger partial charge is 0.353 e. The number of aromatic nitrogens is 4. The summed E-state index contributed by atoms with van der Waals surface area (Å²) in [5.41, 5.74) is 2.70. The normalized spacial score (nSPS) is 14.1. The lowest BCUT2D eigenvalue weighted by molar-refractivity contribution is -0.121. The van der Waals surface area contributed by atoms with Crippen molar-refractivity contribution in [1.29, 1.82) is 0 Å². The fourth-order valence-electron chi connectivity index (χ4n) is 2.54. The van der Waals surface area contributed by atoms with Crippen LogP contribution in [0.25, 0.3) is 0 Å². The average Bonchev–Trinajstić information content (AvgIpc) is 3.04. The highest BCUT2D eigenvalue weighted by Gasteiger charge is 2.22. The molecule has 1 heterocycles. The van der Waals surface area contributed by atoms with Crippen molar-refractivity contribution in [2.24, 2.45) is 7.05 Å². The average molecular weight is 303 g/mol. The van der Waals surface area contributed by atoms with Gasteiger partial charge < -0.3 is 5.32 Å². The molecule has 1 N–H and O–H groups in total. The van der Waals surface area contributed by atoms with Gasteiger partial charge in [0.25, 0.3) is 0 Å². The molecule has 1 aromatic carbocycles. The van der Waals surface area contributed by atoms with E-state index in [1.54, 1.807) is 11.7 Å². The first-order valence-electron chi connectivity index (χ1n) is 6.93. The van der Waals surface area contributed by atoms with E-state index in [9.17, 15) is 4.79 Å². The van der Waals surface area contributed by atoms with E-state index < -0.39 is 0 Å². The standard InChI is InChI=1S/C14H17N5OS/c1-19-14(16-17-18-19)21-7-6-13(20)15-12-8-10-4-2-3-5-11(10)9-12/h2-5,12H,6-9H2,1H3,(H,15,20). The molecule has 110 valence electrons. The smallest absolute Gasteiger partial charge is 0.221 e. The van der Waals surface area contributed by atoms with Gasteiger partial charge in [-0.2, -0.15) is 0 Å². The Balaban J connectivity index is 1.43. The number of rotatable bonds is 5. The van der Waals surface area contributed by atoms with Crippen LogP contribution in [0.5, 0.6) is 0 Å². The molecule has 1 aliphatic rings. The monoisotopic (exact) mass is 303 g/mol. The Bertz CT molecular complexity index is 617. The number of tetrazole rings is 1. The summed E-state index contributed by atoms with van der Waals surface area (Å²) < 4.78 is 1.61. The molecule has 0 saturated carbocycles. The highest BCUT2D eigenvalue weighted by molar-refractivity contribution is 7.99. The van der Waals surface area contributed by atoms with E-state index in [1.807, 2.05) is 0 Å². The van der Waals surface area contributed by atoms with E-state index in [2.05, 4.69) is 45.1 Å². The van der Waals surface area contributed by atoms with Gasteiger partial charge in [0.15, 0.2) is 0 Å². The number of nitrogens with one attached hydrogen (secondary N) is 1. The summed E-state index contributed by atoms with van der Waals surface area (Å²) in [6.07, 6.45) is 2.34. The molecule has 6 nitrogen and oxygen atoms in total. The van der Waals surface area contributed by atoms with Gasteiger partial charge in [0.1, 0.15) is 0 Å². The molecule has 2 aromatic rings. The summed E-state index contributed by atoms with van der Waals surface area (Å²) in [6, 6.07) is 8.61. The van der Waals surface area contributed by atoms with Crippen molar-refractivity contribution in [3.05, 3.63) is 35.4 Å². The van der Waals surface area contributed by atoms with Gasteiger partial charge in [-0.25, -0.2) is 4.68 Å². The predicted octanol–water partition coefficient (Wildman–Crippen LogP) is 0.976. The van der Waals surface area contributed by atoms with Gasteiger partial charge in [-0.15, -0.1) is 5.10 Å². The maximum Gasteiger partial charge on any atom is 0.221 e. The van der Waals surface area contributed by atoms with Crippen molar-refractivity contribution < 1.29 is 4.79 Å². The maximum atomic E-state index is 12.0. The van der Waals surface area contributed by atoms with Gasteiger partial charge in [0, 0.05) is 25.3 Å². The second-order valence-corrected chi connectivity index (χ2v) is 6.19. The van der Waals surface area contributed by atoms with Crippen LogP contribution in [-0.2, 0) is 24.7 Å². The molecule has 1 aromatic heterocycles. The Morgan fingerprint density at radius 3 is 2.71 bits per heavy atom. The third-order valence-corrected chi connectivity index (χ3v) is 4.57. The summed E-state index contributed by atoms with van der Waals surface area (Å²) in [6.45, 7) is 0.